The zero-order valence-corrected chi connectivity index (χ0v) is 14.3. The van der Waals surface area contributed by atoms with Crippen molar-refractivity contribution < 1.29 is 0 Å². The quantitative estimate of drug-likeness (QED) is 0.611. The Balaban J connectivity index is 4.63. The van der Waals surface area contributed by atoms with E-state index in [0.717, 1.165) is 24.3 Å². The Morgan fingerprint density at radius 3 is 1.53 bits per heavy atom. The van der Waals surface area contributed by atoms with E-state index in [1.807, 2.05) is 0 Å². The third-order valence-corrected chi connectivity index (χ3v) is 4.29. The van der Waals surface area contributed by atoms with Gasteiger partial charge in [0.25, 0.3) is 0 Å². The third-order valence-electron chi connectivity index (χ3n) is 4.29. The summed E-state index contributed by atoms with van der Waals surface area (Å²) in [6.07, 6.45) is 5.07. The molecule has 0 rings (SSSR count). The molecule has 1 atom stereocenters. The van der Waals surface area contributed by atoms with E-state index in [1.165, 1.54) is 38.8 Å². The van der Waals surface area contributed by atoms with Gasteiger partial charge in [-0.1, -0.05) is 54.4 Å². The van der Waals surface area contributed by atoms with Crippen molar-refractivity contribution in [3.05, 3.63) is 0 Å². The van der Waals surface area contributed by atoms with Gasteiger partial charge in [-0.2, -0.15) is 0 Å². The lowest BCUT2D eigenvalue weighted by Crippen LogP contribution is -2.46. The molecule has 1 unspecified atom stereocenters. The molecule has 116 valence electrons. The van der Waals surface area contributed by atoms with E-state index in [0.29, 0.717) is 6.04 Å². The molecule has 0 aliphatic heterocycles. The van der Waals surface area contributed by atoms with Crippen LogP contribution in [0.25, 0.3) is 0 Å². The monoisotopic (exact) mass is 270 g/mol. The molecule has 0 spiro atoms. The smallest absolute Gasteiger partial charge is 0.0246 e. The molecule has 0 fully saturated rings. The standard InChI is InChI=1S/C17H38N2/c1-7-16(8-2)17(13-18)19(11-9-14(3)4)12-10-15(5)6/h14-17H,7-13,18H2,1-6H3. The van der Waals surface area contributed by atoms with E-state index >= 15 is 0 Å². The van der Waals surface area contributed by atoms with E-state index < -0.39 is 0 Å². The second kappa shape index (κ2) is 10.7. The highest BCUT2D eigenvalue weighted by molar-refractivity contribution is 4.79. The fourth-order valence-electron chi connectivity index (χ4n) is 2.76. The van der Waals surface area contributed by atoms with Crippen molar-refractivity contribution in [3.8, 4) is 0 Å². The largest absolute Gasteiger partial charge is 0.329 e. The minimum absolute atomic E-state index is 0.576. The molecule has 0 aromatic carbocycles. The molecule has 19 heavy (non-hydrogen) atoms. The number of nitrogens with zero attached hydrogens (tertiary/aromatic N) is 1. The van der Waals surface area contributed by atoms with Crippen LogP contribution in [0.5, 0.6) is 0 Å². The minimum Gasteiger partial charge on any atom is -0.329 e. The predicted molar refractivity (Wildman–Crippen MR) is 87.4 cm³/mol. The summed E-state index contributed by atoms with van der Waals surface area (Å²) in [4.78, 5) is 2.68. The summed E-state index contributed by atoms with van der Waals surface area (Å²) in [5.74, 6) is 2.31. The minimum atomic E-state index is 0.576. The number of hydrogen-bond acceptors (Lipinski definition) is 2. The lowest BCUT2D eigenvalue weighted by atomic mass is 9.92. The van der Waals surface area contributed by atoms with Gasteiger partial charge in [-0.15, -0.1) is 0 Å². The average molecular weight is 271 g/mol. The van der Waals surface area contributed by atoms with E-state index in [1.54, 1.807) is 0 Å². The zero-order chi connectivity index (χ0) is 14.8. The Morgan fingerprint density at radius 1 is 0.842 bits per heavy atom. The Morgan fingerprint density at radius 2 is 1.26 bits per heavy atom. The van der Waals surface area contributed by atoms with Gasteiger partial charge in [0.05, 0.1) is 0 Å². The van der Waals surface area contributed by atoms with Crippen LogP contribution in [0.3, 0.4) is 0 Å². The maximum Gasteiger partial charge on any atom is 0.0246 e. The molecule has 0 aliphatic carbocycles. The normalized spacial score (nSPS) is 14.1. The van der Waals surface area contributed by atoms with E-state index in [9.17, 15) is 0 Å². The Bertz CT molecular complexity index is 185. The van der Waals surface area contributed by atoms with E-state index in [-0.39, 0.29) is 0 Å². The van der Waals surface area contributed by atoms with Gasteiger partial charge in [-0.25, -0.2) is 0 Å². The first-order chi connectivity index (χ1) is 8.96. The Kier molecular flexibility index (Phi) is 10.6. The van der Waals surface area contributed by atoms with Gasteiger partial charge in [-0.05, 0) is 43.7 Å². The second-order valence-corrected chi connectivity index (χ2v) is 6.78. The number of nitrogens with two attached hydrogens (primary N) is 1. The van der Waals surface area contributed by atoms with Crippen LogP contribution in [0.1, 0.15) is 67.2 Å². The summed E-state index contributed by atoms with van der Waals surface area (Å²) in [5.41, 5.74) is 6.10. The van der Waals surface area contributed by atoms with Gasteiger partial charge in [0, 0.05) is 12.6 Å². The molecule has 0 aromatic heterocycles. The SMILES string of the molecule is CCC(CC)C(CN)N(CCC(C)C)CCC(C)C. The number of hydrogen-bond donors (Lipinski definition) is 1. The van der Waals surface area contributed by atoms with E-state index in [4.69, 9.17) is 5.73 Å². The first-order valence-electron chi connectivity index (χ1n) is 8.40. The molecule has 0 bridgehead atoms. The van der Waals surface area contributed by atoms with Crippen LogP contribution < -0.4 is 5.73 Å². The van der Waals surface area contributed by atoms with Crippen LogP contribution in [0.2, 0.25) is 0 Å². The van der Waals surface area contributed by atoms with Crippen LogP contribution in [0.15, 0.2) is 0 Å². The van der Waals surface area contributed by atoms with Crippen LogP contribution in [0, 0.1) is 17.8 Å². The summed E-state index contributed by atoms with van der Waals surface area (Å²) < 4.78 is 0. The third kappa shape index (κ3) is 7.94. The molecular formula is C17H38N2. The average Bonchev–Trinajstić information content (AvgIpc) is 2.36. The topological polar surface area (TPSA) is 29.3 Å². The lowest BCUT2D eigenvalue weighted by Gasteiger charge is -2.37. The van der Waals surface area contributed by atoms with Crippen molar-refractivity contribution in [3.63, 3.8) is 0 Å². The van der Waals surface area contributed by atoms with Crippen molar-refractivity contribution in [2.24, 2.45) is 23.5 Å². The molecule has 0 saturated carbocycles. The number of rotatable bonds is 11. The second-order valence-electron chi connectivity index (χ2n) is 6.78. The van der Waals surface area contributed by atoms with Gasteiger partial charge in [0.2, 0.25) is 0 Å². The summed E-state index contributed by atoms with van der Waals surface area (Å²) in [5, 5.41) is 0. The fourth-order valence-corrected chi connectivity index (χ4v) is 2.76. The first kappa shape index (κ1) is 18.9. The van der Waals surface area contributed by atoms with Gasteiger partial charge in [0.15, 0.2) is 0 Å². The molecule has 0 radical (unpaired) electrons. The predicted octanol–water partition coefficient (Wildman–Crippen LogP) is 4.14. The summed E-state index contributed by atoms with van der Waals surface area (Å²) in [6.45, 7) is 17.1. The summed E-state index contributed by atoms with van der Waals surface area (Å²) in [6, 6.07) is 0.576. The van der Waals surface area contributed by atoms with Crippen LogP contribution in [0.4, 0.5) is 0 Å². The highest BCUT2D eigenvalue weighted by atomic mass is 15.2. The summed E-state index contributed by atoms with van der Waals surface area (Å²) in [7, 11) is 0. The molecular weight excluding hydrogens is 232 g/mol. The molecule has 2 heteroatoms. The van der Waals surface area contributed by atoms with E-state index in [2.05, 4.69) is 46.4 Å². The lowest BCUT2D eigenvalue weighted by molar-refractivity contribution is 0.126. The zero-order valence-electron chi connectivity index (χ0n) is 14.3. The highest BCUT2D eigenvalue weighted by Crippen LogP contribution is 2.20. The van der Waals surface area contributed by atoms with Crippen molar-refractivity contribution in [2.75, 3.05) is 19.6 Å². The maximum absolute atomic E-state index is 6.10. The van der Waals surface area contributed by atoms with Crippen molar-refractivity contribution in [1.82, 2.24) is 4.90 Å². The van der Waals surface area contributed by atoms with Crippen molar-refractivity contribution >= 4 is 0 Å². The molecule has 2 nitrogen and oxygen atoms in total. The molecule has 0 heterocycles. The van der Waals surface area contributed by atoms with Gasteiger partial charge in [-0.3, -0.25) is 4.90 Å². The van der Waals surface area contributed by atoms with Crippen LogP contribution in [-0.4, -0.2) is 30.6 Å². The Hall–Kier alpha value is -0.0800. The maximum atomic E-state index is 6.10. The molecule has 2 N–H and O–H groups in total. The molecule has 0 saturated heterocycles. The molecule has 0 amide bonds. The van der Waals surface area contributed by atoms with Gasteiger partial charge >= 0.3 is 0 Å². The van der Waals surface area contributed by atoms with Gasteiger partial charge in [0.1, 0.15) is 0 Å². The summed E-state index contributed by atoms with van der Waals surface area (Å²) >= 11 is 0. The molecule has 0 aromatic rings. The van der Waals surface area contributed by atoms with Crippen molar-refractivity contribution in [1.29, 1.82) is 0 Å². The van der Waals surface area contributed by atoms with Gasteiger partial charge < -0.3 is 5.73 Å². The van der Waals surface area contributed by atoms with Crippen LogP contribution in [-0.2, 0) is 0 Å². The van der Waals surface area contributed by atoms with Crippen LogP contribution >= 0.6 is 0 Å². The Labute approximate surface area is 122 Å². The highest BCUT2D eigenvalue weighted by Gasteiger charge is 2.24. The fraction of sp³-hybridized carbons (Fsp3) is 1.00. The first-order valence-corrected chi connectivity index (χ1v) is 8.40. The molecule has 0 aliphatic rings. The van der Waals surface area contributed by atoms with Crippen molar-refractivity contribution in [2.45, 2.75) is 73.3 Å².